The molecule has 0 saturated carbocycles. The van der Waals surface area contributed by atoms with Gasteiger partial charge in [-0.2, -0.15) is 0 Å². The van der Waals surface area contributed by atoms with Gasteiger partial charge < -0.3 is 20.5 Å². The van der Waals surface area contributed by atoms with Crippen LogP contribution in [0, 0.1) is 5.92 Å². The summed E-state index contributed by atoms with van der Waals surface area (Å²) >= 11 is 0. The number of likely N-dealkylation sites (tertiary alicyclic amines) is 1. The summed E-state index contributed by atoms with van der Waals surface area (Å²) in [6.07, 6.45) is 1.43. The zero-order chi connectivity index (χ0) is 26.6. The van der Waals surface area contributed by atoms with E-state index in [4.69, 9.17) is 4.74 Å². The number of piperidine rings is 1. The molecule has 2 amide bonds. The second-order valence-electron chi connectivity index (χ2n) is 8.82. The van der Waals surface area contributed by atoms with Crippen molar-refractivity contribution < 1.29 is 27.9 Å². The molecule has 0 aliphatic carbocycles. The average molecular weight is 529 g/mol. The van der Waals surface area contributed by atoms with Gasteiger partial charge in [0.25, 0.3) is 0 Å². The van der Waals surface area contributed by atoms with Gasteiger partial charge >= 0.3 is 6.09 Å². The lowest BCUT2D eigenvalue weighted by molar-refractivity contribution is -0.125. The minimum atomic E-state index is -3.80. The molecule has 4 N–H and O–H groups in total. The molecule has 12 nitrogen and oxygen atoms in total. The summed E-state index contributed by atoms with van der Waals surface area (Å²) in [5, 5.41) is 15.7. The Balaban J connectivity index is 1.61. The summed E-state index contributed by atoms with van der Waals surface area (Å²) in [6.45, 7) is 1.07. The number of carbonyl (C=O) groups is 2. The molecule has 196 valence electrons. The first-order valence-corrected chi connectivity index (χ1v) is 13.4. The first kappa shape index (κ1) is 26.1. The van der Waals surface area contributed by atoms with Crippen molar-refractivity contribution in [3.63, 3.8) is 0 Å². The van der Waals surface area contributed by atoms with Crippen LogP contribution in [0.1, 0.15) is 12.0 Å². The smallest absolute Gasteiger partial charge is 0.404 e. The van der Waals surface area contributed by atoms with Crippen LogP contribution in [0.3, 0.4) is 0 Å². The number of aromatic nitrogens is 2. The third kappa shape index (κ3) is 6.62. The fourth-order valence-electron chi connectivity index (χ4n) is 4.50. The molecule has 0 spiro atoms. The number of rotatable bonds is 8. The predicted molar refractivity (Wildman–Crippen MR) is 137 cm³/mol. The topological polar surface area (TPSA) is 163 Å². The number of amides is 2. The van der Waals surface area contributed by atoms with Gasteiger partial charge in [-0.25, -0.2) is 23.2 Å². The molecule has 0 radical (unpaired) electrons. The third-order valence-corrected chi connectivity index (χ3v) is 6.68. The number of nitrogens with one attached hydrogen (secondary N) is 3. The van der Waals surface area contributed by atoms with Crippen LogP contribution < -0.4 is 20.1 Å². The molecule has 2 aromatic carbocycles. The molecular formula is C24H28N6O6S. The molecule has 2 heterocycles. The Morgan fingerprint density at radius 1 is 1.19 bits per heavy atom. The van der Waals surface area contributed by atoms with Crippen molar-refractivity contribution in [3.05, 3.63) is 54.4 Å². The van der Waals surface area contributed by atoms with Gasteiger partial charge in [-0.05, 0) is 30.2 Å². The lowest BCUT2D eigenvalue weighted by atomic mass is 9.91. The second kappa shape index (κ2) is 11.0. The summed E-state index contributed by atoms with van der Waals surface area (Å²) in [7, 11) is -2.20. The van der Waals surface area contributed by atoms with Crippen LogP contribution in [0.5, 0.6) is 5.75 Å². The first-order chi connectivity index (χ1) is 17.6. The van der Waals surface area contributed by atoms with Crippen LogP contribution in [-0.4, -0.2) is 72.9 Å². The SMILES string of the molecule is COc1cccc(Nc2ncnc3cccc(CN4CC[C@@H](NC(=O)O)[C@@H](C(=O)NS(C)(=O)=O)C4)c23)c1. The number of carboxylic acid groups (broad SMARTS) is 1. The Hall–Kier alpha value is -3.97. The van der Waals surface area contributed by atoms with E-state index < -0.39 is 34.0 Å². The number of ether oxygens (including phenoxy) is 1. The van der Waals surface area contributed by atoms with Gasteiger partial charge in [0.2, 0.25) is 15.9 Å². The highest BCUT2D eigenvalue weighted by Crippen LogP contribution is 2.30. The number of methoxy groups -OCH3 is 1. The van der Waals surface area contributed by atoms with E-state index in [1.54, 1.807) is 7.11 Å². The van der Waals surface area contributed by atoms with E-state index >= 15 is 0 Å². The van der Waals surface area contributed by atoms with Crippen molar-refractivity contribution in [1.29, 1.82) is 0 Å². The molecule has 4 rings (SSSR count). The van der Waals surface area contributed by atoms with E-state index in [0.717, 1.165) is 28.4 Å². The van der Waals surface area contributed by atoms with Crippen LogP contribution in [0.15, 0.2) is 48.8 Å². The van der Waals surface area contributed by atoms with Crippen LogP contribution in [0.4, 0.5) is 16.3 Å². The number of hydrogen-bond acceptors (Lipinski definition) is 9. The lowest BCUT2D eigenvalue weighted by Crippen LogP contribution is -2.56. The van der Waals surface area contributed by atoms with Crippen molar-refractivity contribution in [1.82, 2.24) is 24.9 Å². The molecule has 13 heteroatoms. The Morgan fingerprint density at radius 2 is 1.97 bits per heavy atom. The van der Waals surface area contributed by atoms with Crippen molar-refractivity contribution in [2.24, 2.45) is 5.92 Å². The van der Waals surface area contributed by atoms with Gasteiger partial charge in [-0.15, -0.1) is 0 Å². The maximum absolute atomic E-state index is 12.7. The predicted octanol–water partition coefficient (Wildman–Crippen LogP) is 1.92. The number of sulfonamides is 1. The normalized spacial score (nSPS) is 18.2. The van der Waals surface area contributed by atoms with E-state index in [1.807, 2.05) is 52.1 Å². The Morgan fingerprint density at radius 3 is 2.70 bits per heavy atom. The largest absolute Gasteiger partial charge is 0.497 e. The average Bonchev–Trinajstić information content (AvgIpc) is 2.84. The highest BCUT2D eigenvalue weighted by atomic mass is 32.2. The molecule has 0 bridgehead atoms. The highest BCUT2D eigenvalue weighted by Gasteiger charge is 2.36. The third-order valence-electron chi connectivity index (χ3n) is 6.10. The van der Waals surface area contributed by atoms with Crippen LogP contribution in [0.2, 0.25) is 0 Å². The minimum absolute atomic E-state index is 0.162. The van der Waals surface area contributed by atoms with E-state index in [2.05, 4.69) is 20.6 Å². The van der Waals surface area contributed by atoms with Gasteiger partial charge in [-0.3, -0.25) is 14.4 Å². The molecule has 1 aliphatic heterocycles. The summed E-state index contributed by atoms with van der Waals surface area (Å²) in [5.74, 6) is -0.338. The lowest BCUT2D eigenvalue weighted by Gasteiger charge is -2.37. The maximum Gasteiger partial charge on any atom is 0.404 e. The van der Waals surface area contributed by atoms with Gasteiger partial charge in [0.05, 0.1) is 24.8 Å². The number of benzene rings is 2. The standard InChI is InChI=1S/C24H28N6O6S/c1-36-17-7-4-6-16(11-17)27-22-21-15(5-3-8-20(21)25-14-26-22)12-30-10-9-19(28-24(32)33)18(13-30)23(31)29-37(2,34)35/h3-8,11,14,18-19,28H,9-10,12-13H2,1-2H3,(H,29,31)(H,32,33)(H,25,26,27)/t18-,19+/m0/s1. The van der Waals surface area contributed by atoms with E-state index in [0.29, 0.717) is 31.1 Å². The second-order valence-corrected chi connectivity index (χ2v) is 10.6. The van der Waals surface area contributed by atoms with Crippen LogP contribution in [-0.2, 0) is 21.4 Å². The fraction of sp³-hybridized carbons (Fsp3) is 0.333. The molecule has 1 fully saturated rings. The number of fused-ring (bicyclic) bond motifs is 1. The van der Waals surface area contributed by atoms with Crippen molar-refractivity contribution in [3.8, 4) is 5.75 Å². The summed E-state index contributed by atoms with van der Waals surface area (Å²) in [6, 6.07) is 12.4. The van der Waals surface area contributed by atoms with Gasteiger partial charge in [-0.1, -0.05) is 18.2 Å². The molecule has 37 heavy (non-hydrogen) atoms. The van der Waals surface area contributed by atoms with E-state index in [1.165, 1.54) is 6.33 Å². The monoisotopic (exact) mass is 528 g/mol. The Bertz CT molecular complexity index is 1410. The zero-order valence-corrected chi connectivity index (χ0v) is 21.2. The van der Waals surface area contributed by atoms with Crippen molar-refractivity contribution in [2.75, 3.05) is 31.8 Å². The number of hydrogen-bond donors (Lipinski definition) is 4. The molecule has 1 aromatic heterocycles. The summed E-state index contributed by atoms with van der Waals surface area (Å²) in [4.78, 5) is 34.8. The fourth-order valence-corrected chi connectivity index (χ4v) is 5.02. The van der Waals surface area contributed by atoms with Gasteiger partial charge in [0, 0.05) is 42.8 Å². The molecule has 1 aliphatic rings. The van der Waals surface area contributed by atoms with Crippen molar-refractivity contribution >= 4 is 44.4 Å². The highest BCUT2D eigenvalue weighted by molar-refractivity contribution is 7.89. The molecular weight excluding hydrogens is 500 g/mol. The van der Waals surface area contributed by atoms with Crippen LogP contribution in [0.25, 0.3) is 10.9 Å². The first-order valence-electron chi connectivity index (χ1n) is 11.5. The van der Waals surface area contributed by atoms with Crippen LogP contribution >= 0.6 is 0 Å². The Labute approximate surface area is 214 Å². The maximum atomic E-state index is 12.7. The zero-order valence-electron chi connectivity index (χ0n) is 20.3. The summed E-state index contributed by atoms with van der Waals surface area (Å²) < 4.78 is 30.6. The molecule has 1 saturated heterocycles. The number of carbonyl (C=O) groups excluding carboxylic acids is 1. The van der Waals surface area contributed by atoms with E-state index in [9.17, 15) is 23.1 Å². The Kier molecular flexibility index (Phi) is 7.74. The molecule has 3 aromatic rings. The quantitative estimate of drug-likeness (QED) is 0.340. The molecule has 0 unspecified atom stereocenters. The van der Waals surface area contributed by atoms with Gasteiger partial charge in [0.15, 0.2) is 0 Å². The van der Waals surface area contributed by atoms with E-state index in [-0.39, 0.29) is 6.54 Å². The summed E-state index contributed by atoms with van der Waals surface area (Å²) in [5.41, 5.74) is 2.41. The van der Waals surface area contributed by atoms with Gasteiger partial charge in [0.1, 0.15) is 17.9 Å². The van der Waals surface area contributed by atoms with Crippen molar-refractivity contribution in [2.45, 2.75) is 19.0 Å². The molecule has 2 atom stereocenters. The number of anilines is 2. The number of nitrogens with zero attached hydrogens (tertiary/aromatic N) is 3. The minimum Gasteiger partial charge on any atom is -0.497 e.